The van der Waals surface area contributed by atoms with Crippen LogP contribution in [0, 0.1) is 6.92 Å². The summed E-state index contributed by atoms with van der Waals surface area (Å²) < 4.78 is 29.8. The van der Waals surface area contributed by atoms with Crippen LogP contribution in [0.2, 0.25) is 0 Å². The van der Waals surface area contributed by atoms with Gasteiger partial charge in [0, 0.05) is 7.11 Å². The van der Waals surface area contributed by atoms with Gasteiger partial charge in [-0.05, 0) is 42.9 Å². The molecule has 0 amide bonds. The number of ether oxygens (including phenoxy) is 1. The molecule has 6 heteroatoms. The smallest absolute Gasteiger partial charge is 0.335 e. The molecule has 0 spiro atoms. The number of carboxylic acid groups (broad SMARTS) is 1. The second-order valence-electron chi connectivity index (χ2n) is 5.05. The molecule has 0 atom stereocenters. The molecular formula is C14H18O5S. The van der Waals surface area contributed by atoms with E-state index in [9.17, 15) is 13.2 Å². The van der Waals surface area contributed by atoms with Crippen molar-refractivity contribution in [3.8, 4) is 0 Å². The minimum Gasteiger partial charge on any atom is -0.478 e. The number of hydrogen-bond donors (Lipinski definition) is 1. The van der Waals surface area contributed by atoms with E-state index < -0.39 is 15.8 Å². The number of sulfone groups is 1. The molecule has 20 heavy (non-hydrogen) atoms. The molecule has 0 bridgehead atoms. The normalized spacial score (nSPS) is 15.3. The van der Waals surface area contributed by atoms with Crippen molar-refractivity contribution >= 4 is 15.8 Å². The average molecular weight is 298 g/mol. The van der Waals surface area contributed by atoms with E-state index in [4.69, 9.17) is 9.84 Å². The highest BCUT2D eigenvalue weighted by atomic mass is 32.2. The first-order valence-corrected chi connectivity index (χ1v) is 8.12. The van der Waals surface area contributed by atoms with Crippen LogP contribution < -0.4 is 0 Å². The Kier molecular flexibility index (Phi) is 4.15. The molecule has 1 aliphatic carbocycles. The SMILES string of the molecule is COCCS(=O)(=O)c1c(C2CC2)ccc(C(=O)O)c1C. The van der Waals surface area contributed by atoms with Crippen molar-refractivity contribution < 1.29 is 23.1 Å². The van der Waals surface area contributed by atoms with Crippen molar-refractivity contribution in [1.82, 2.24) is 0 Å². The van der Waals surface area contributed by atoms with Gasteiger partial charge in [0.05, 0.1) is 22.8 Å². The summed E-state index contributed by atoms with van der Waals surface area (Å²) in [6, 6.07) is 3.15. The number of hydrogen-bond acceptors (Lipinski definition) is 4. The van der Waals surface area contributed by atoms with E-state index in [0.717, 1.165) is 18.4 Å². The Hall–Kier alpha value is -1.40. The van der Waals surface area contributed by atoms with Gasteiger partial charge < -0.3 is 9.84 Å². The summed E-state index contributed by atoms with van der Waals surface area (Å²) in [6.07, 6.45) is 1.91. The van der Waals surface area contributed by atoms with Gasteiger partial charge in [-0.1, -0.05) is 6.07 Å². The van der Waals surface area contributed by atoms with Crippen LogP contribution in [-0.2, 0) is 14.6 Å². The van der Waals surface area contributed by atoms with Gasteiger partial charge in [-0.3, -0.25) is 0 Å². The van der Waals surface area contributed by atoms with E-state index in [1.807, 2.05) is 0 Å². The van der Waals surface area contributed by atoms with E-state index in [-0.39, 0.29) is 28.7 Å². The third-order valence-electron chi connectivity index (χ3n) is 3.55. The minimum atomic E-state index is -3.53. The molecule has 0 radical (unpaired) electrons. The van der Waals surface area contributed by atoms with E-state index in [2.05, 4.69) is 0 Å². The van der Waals surface area contributed by atoms with Gasteiger partial charge in [0.2, 0.25) is 0 Å². The molecule has 0 heterocycles. The average Bonchev–Trinajstić information content (AvgIpc) is 3.19. The van der Waals surface area contributed by atoms with Crippen LogP contribution in [0.3, 0.4) is 0 Å². The molecule has 5 nitrogen and oxygen atoms in total. The van der Waals surface area contributed by atoms with Crippen molar-refractivity contribution in [2.24, 2.45) is 0 Å². The lowest BCUT2D eigenvalue weighted by atomic mass is 10.0. The first kappa shape index (κ1) is 15.0. The summed E-state index contributed by atoms with van der Waals surface area (Å²) >= 11 is 0. The summed E-state index contributed by atoms with van der Waals surface area (Å²) in [4.78, 5) is 11.4. The van der Waals surface area contributed by atoms with E-state index in [0.29, 0.717) is 5.56 Å². The number of aromatic carboxylic acids is 1. The highest BCUT2D eigenvalue weighted by molar-refractivity contribution is 7.91. The maximum Gasteiger partial charge on any atom is 0.335 e. The Bertz CT molecular complexity index is 629. The zero-order valence-electron chi connectivity index (χ0n) is 11.5. The first-order valence-electron chi connectivity index (χ1n) is 6.47. The fraction of sp³-hybridized carbons (Fsp3) is 0.500. The second-order valence-corrected chi connectivity index (χ2v) is 7.09. The zero-order chi connectivity index (χ0) is 14.9. The molecule has 0 aromatic heterocycles. The van der Waals surface area contributed by atoms with Crippen molar-refractivity contribution in [1.29, 1.82) is 0 Å². The van der Waals surface area contributed by atoms with Gasteiger partial charge >= 0.3 is 5.97 Å². The molecule has 1 aromatic rings. The highest BCUT2D eigenvalue weighted by Crippen LogP contribution is 2.44. The van der Waals surface area contributed by atoms with Crippen LogP contribution >= 0.6 is 0 Å². The van der Waals surface area contributed by atoms with Gasteiger partial charge in [0.1, 0.15) is 0 Å². The predicted octanol–water partition coefficient (Wildman–Crippen LogP) is 1.99. The minimum absolute atomic E-state index is 0.0467. The largest absolute Gasteiger partial charge is 0.478 e. The van der Waals surface area contributed by atoms with Gasteiger partial charge in [0.15, 0.2) is 9.84 Å². The van der Waals surface area contributed by atoms with Crippen LogP contribution in [0.15, 0.2) is 17.0 Å². The number of methoxy groups -OCH3 is 1. The Balaban J connectivity index is 2.58. The summed E-state index contributed by atoms with van der Waals surface area (Å²) in [5.74, 6) is -0.996. The Labute approximate surface area is 118 Å². The monoisotopic (exact) mass is 298 g/mol. The number of carbonyl (C=O) groups is 1. The van der Waals surface area contributed by atoms with Crippen molar-refractivity contribution in [3.63, 3.8) is 0 Å². The topological polar surface area (TPSA) is 80.7 Å². The first-order chi connectivity index (χ1) is 9.38. The Morgan fingerprint density at radius 2 is 2.05 bits per heavy atom. The molecular weight excluding hydrogens is 280 g/mol. The van der Waals surface area contributed by atoms with Crippen LogP contribution in [0.4, 0.5) is 0 Å². The van der Waals surface area contributed by atoms with Crippen LogP contribution in [0.1, 0.15) is 40.2 Å². The van der Waals surface area contributed by atoms with E-state index in [1.54, 1.807) is 13.0 Å². The van der Waals surface area contributed by atoms with Gasteiger partial charge in [-0.2, -0.15) is 0 Å². The van der Waals surface area contributed by atoms with Gasteiger partial charge in [-0.15, -0.1) is 0 Å². The number of carboxylic acids is 1. The van der Waals surface area contributed by atoms with Crippen molar-refractivity contribution in [3.05, 3.63) is 28.8 Å². The van der Waals surface area contributed by atoms with E-state index >= 15 is 0 Å². The standard InChI is InChI=1S/C14H18O5S/c1-9-11(14(15)16)5-6-12(10-3-4-10)13(9)20(17,18)8-7-19-2/h5-6,10H,3-4,7-8H2,1-2H3,(H,15,16). The van der Waals surface area contributed by atoms with E-state index in [1.165, 1.54) is 13.2 Å². The van der Waals surface area contributed by atoms with Crippen molar-refractivity contribution in [2.75, 3.05) is 19.5 Å². The maximum atomic E-state index is 12.5. The lowest BCUT2D eigenvalue weighted by molar-refractivity contribution is 0.0695. The lowest BCUT2D eigenvalue weighted by Gasteiger charge is -2.15. The third-order valence-corrected chi connectivity index (χ3v) is 5.42. The molecule has 0 saturated heterocycles. The molecule has 110 valence electrons. The summed E-state index contributed by atoms with van der Waals surface area (Å²) in [5, 5.41) is 9.16. The lowest BCUT2D eigenvalue weighted by Crippen LogP contribution is -2.16. The zero-order valence-corrected chi connectivity index (χ0v) is 12.4. The van der Waals surface area contributed by atoms with Crippen LogP contribution in [0.25, 0.3) is 0 Å². The molecule has 1 aliphatic rings. The Morgan fingerprint density at radius 3 is 2.55 bits per heavy atom. The fourth-order valence-electron chi connectivity index (χ4n) is 2.37. The molecule has 1 fully saturated rings. The number of rotatable bonds is 6. The van der Waals surface area contributed by atoms with Crippen LogP contribution in [0.5, 0.6) is 0 Å². The molecule has 1 N–H and O–H groups in total. The number of benzene rings is 1. The molecule has 0 unspecified atom stereocenters. The second kappa shape index (κ2) is 5.54. The summed E-state index contributed by atoms with van der Waals surface area (Å²) in [6.45, 7) is 1.66. The van der Waals surface area contributed by atoms with Gasteiger partial charge in [-0.25, -0.2) is 13.2 Å². The molecule has 0 aliphatic heterocycles. The van der Waals surface area contributed by atoms with Crippen molar-refractivity contribution in [2.45, 2.75) is 30.6 Å². The fourth-order valence-corrected chi connectivity index (χ4v) is 4.13. The molecule has 2 rings (SSSR count). The molecule has 1 saturated carbocycles. The summed E-state index contributed by atoms with van der Waals surface area (Å²) in [5.41, 5.74) is 1.13. The quantitative estimate of drug-likeness (QED) is 0.868. The summed E-state index contributed by atoms with van der Waals surface area (Å²) in [7, 11) is -2.09. The maximum absolute atomic E-state index is 12.5. The predicted molar refractivity (Wildman–Crippen MR) is 74.0 cm³/mol. The van der Waals surface area contributed by atoms with Crippen LogP contribution in [-0.4, -0.2) is 39.0 Å². The third kappa shape index (κ3) is 2.86. The molecule has 1 aromatic carbocycles. The highest BCUT2D eigenvalue weighted by Gasteiger charge is 2.32. The Morgan fingerprint density at radius 1 is 1.40 bits per heavy atom. The van der Waals surface area contributed by atoms with Gasteiger partial charge in [0.25, 0.3) is 0 Å².